The van der Waals surface area contributed by atoms with Crippen LogP contribution >= 0.6 is 15.9 Å². The van der Waals surface area contributed by atoms with Crippen molar-refractivity contribution in [1.29, 1.82) is 0 Å². The molecule has 0 bridgehead atoms. The van der Waals surface area contributed by atoms with Crippen LogP contribution in [0.15, 0.2) is 71.2 Å². The summed E-state index contributed by atoms with van der Waals surface area (Å²) in [4.78, 5) is 18.4. The zero-order valence-electron chi connectivity index (χ0n) is 17.3. The van der Waals surface area contributed by atoms with Crippen molar-refractivity contribution in [3.05, 3.63) is 93.8 Å². The van der Waals surface area contributed by atoms with Gasteiger partial charge in [-0.2, -0.15) is 0 Å². The number of halogens is 2. The Hall–Kier alpha value is -3.32. The number of methoxy groups -OCH3 is 1. The molecule has 3 aromatic carbocycles. The molecule has 1 unspecified atom stereocenters. The molecule has 1 aromatic heterocycles. The minimum atomic E-state index is -0.485. The van der Waals surface area contributed by atoms with Gasteiger partial charge in [-0.1, -0.05) is 34.1 Å². The monoisotopic (exact) mass is 494 g/mol. The molecule has 162 valence electrons. The molecule has 1 N–H and O–H groups in total. The van der Waals surface area contributed by atoms with Crippen LogP contribution in [0.3, 0.4) is 0 Å². The predicted octanol–water partition coefficient (Wildman–Crippen LogP) is 6.22. The lowest BCUT2D eigenvalue weighted by atomic mass is 9.92. The Morgan fingerprint density at radius 2 is 1.78 bits per heavy atom. The van der Waals surface area contributed by atoms with Gasteiger partial charge in [-0.3, -0.25) is 4.90 Å². The first-order valence-electron chi connectivity index (χ1n) is 10.2. The van der Waals surface area contributed by atoms with E-state index in [0.717, 1.165) is 32.4 Å². The van der Waals surface area contributed by atoms with Crippen LogP contribution in [0, 0.1) is 5.82 Å². The third-order valence-electron chi connectivity index (χ3n) is 5.78. The molecule has 0 spiro atoms. The number of amides is 1. The lowest BCUT2D eigenvalue weighted by Crippen LogP contribution is -2.42. The van der Waals surface area contributed by atoms with Gasteiger partial charge in [-0.15, -0.1) is 0 Å². The highest BCUT2D eigenvalue weighted by molar-refractivity contribution is 9.10. The summed E-state index contributed by atoms with van der Waals surface area (Å²) in [6.07, 6.45) is 0.198. The third-order valence-corrected chi connectivity index (χ3v) is 6.44. The number of aromatic nitrogens is 1. The van der Waals surface area contributed by atoms with Gasteiger partial charge in [0.15, 0.2) is 0 Å². The smallest absolute Gasteiger partial charge is 0.416 e. The summed E-state index contributed by atoms with van der Waals surface area (Å²) in [7, 11) is 1.62. The van der Waals surface area contributed by atoms with E-state index < -0.39 is 6.09 Å². The van der Waals surface area contributed by atoms with Gasteiger partial charge in [0, 0.05) is 27.6 Å². The third kappa shape index (κ3) is 3.62. The average Bonchev–Trinajstić information content (AvgIpc) is 3.20. The average molecular weight is 495 g/mol. The van der Waals surface area contributed by atoms with Crippen LogP contribution in [0.4, 0.5) is 9.18 Å². The van der Waals surface area contributed by atoms with Gasteiger partial charge in [0.05, 0.1) is 7.11 Å². The molecule has 1 aliphatic rings. The van der Waals surface area contributed by atoms with E-state index in [1.807, 2.05) is 42.5 Å². The second kappa shape index (κ2) is 8.31. The van der Waals surface area contributed by atoms with Gasteiger partial charge in [0.25, 0.3) is 0 Å². The fourth-order valence-electron chi connectivity index (χ4n) is 4.29. The van der Waals surface area contributed by atoms with E-state index in [1.54, 1.807) is 12.0 Å². The molecule has 4 aromatic rings. The molecule has 1 amide bonds. The number of carbonyl (C=O) groups excluding carboxylic acids is 1. The molecule has 5 rings (SSSR count). The highest BCUT2D eigenvalue weighted by Gasteiger charge is 2.36. The molecule has 1 aliphatic heterocycles. The summed E-state index contributed by atoms with van der Waals surface area (Å²) in [6, 6.07) is 18.8. The highest BCUT2D eigenvalue weighted by atomic mass is 79.9. The first-order chi connectivity index (χ1) is 15.5. The molecule has 2 heterocycles. The number of hydrogen-bond donors (Lipinski definition) is 1. The Labute approximate surface area is 192 Å². The van der Waals surface area contributed by atoms with Gasteiger partial charge < -0.3 is 14.5 Å². The largest absolute Gasteiger partial charge is 0.497 e. The SMILES string of the molecule is COc1ccc(C2c3[nH]c4cccc(Br)c4c3CCN2C(=O)Oc2ccc(F)cc2)cc1. The van der Waals surface area contributed by atoms with E-state index in [2.05, 4.69) is 20.9 Å². The second-order valence-electron chi connectivity index (χ2n) is 7.62. The van der Waals surface area contributed by atoms with Crippen LogP contribution in [0.2, 0.25) is 0 Å². The highest BCUT2D eigenvalue weighted by Crippen LogP contribution is 2.41. The first-order valence-corrected chi connectivity index (χ1v) is 11.0. The van der Waals surface area contributed by atoms with Crippen LogP contribution in [0.25, 0.3) is 10.9 Å². The Kier molecular flexibility index (Phi) is 5.35. The predicted molar refractivity (Wildman–Crippen MR) is 124 cm³/mol. The van der Waals surface area contributed by atoms with E-state index in [1.165, 1.54) is 29.8 Å². The van der Waals surface area contributed by atoms with Crippen LogP contribution in [-0.2, 0) is 6.42 Å². The molecule has 0 aliphatic carbocycles. The summed E-state index contributed by atoms with van der Waals surface area (Å²) >= 11 is 3.67. The Morgan fingerprint density at radius 3 is 2.50 bits per heavy atom. The topological polar surface area (TPSA) is 54.6 Å². The molecule has 0 saturated heterocycles. The van der Waals surface area contributed by atoms with Crippen molar-refractivity contribution in [3.63, 3.8) is 0 Å². The minimum Gasteiger partial charge on any atom is -0.497 e. The fraction of sp³-hybridized carbons (Fsp3) is 0.160. The van der Waals surface area contributed by atoms with Crippen molar-refractivity contribution < 1.29 is 18.7 Å². The number of fused-ring (bicyclic) bond motifs is 3. The molecule has 0 saturated carbocycles. The van der Waals surface area contributed by atoms with Crippen LogP contribution in [-0.4, -0.2) is 29.6 Å². The minimum absolute atomic E-state index is 0.301. The summed E-state index contributed by atoms with van der Waals surface area (Å²) < 4.78 is 25.2. The maximum Gasteiger partial charge on any atom is 0.416 e. The Bertz CT molecular complexity index is 1290. The molecular formula is C25H20BrFN2O3. The van der Waals surface area contributed by atoms with Crippen LogP contribution < -0.4 is 9.47 Å². The van der Waals surface area contributed by atoms with E-state index in [0.29, 0.717) is 18.7 Å². The van der Waals surface area contributed by atoms with Gasteiger partial charge >= 0.3 is 6.09 Å². The van der Waals surface area contributed by atoms with E-state index in [-0.39, 0.29) is 11.9 Å². The summed E-state index contributed by atoms with van der Waals surface area (Å²) in [5, 5.41) is 1.13. The zero-order chi connectivity index (χ0) is 22.2. The lowest BCUT2D eigenvalue weighted by molar-refractivity contribution is 0.135. The summed E-state index contributed by atoms with van der Waals surface area (Å²) in [5.74, 6) is 0.659. The second-order valence-corrected chi connectivity index (χ2v) is 8.47. The van der Waals surface area contributed by atoms with Gasteiger partial charge in [-0.25, -0.2) is 9.18 Å². The number of nitrogens with one attached hydrogen (secondary N) is 1. The molecule has 7 heteroatoms. The maximum atomic E-state index is 13.3. The van der Waals surface area contributed by atoms with E-state index in [9.17, 15) is 9.18 Å². The number of benzene rings is 3. The number of carbonyl (C=O) groups is 1. The molecule has 1 atom stereocenters. The van der Waals surface area contributed by atoms with Gasteiger partial charge in [0.2, 0.25) is 0 Å². The maximum absolute atomic E-state index is 13.3. The van der Waals surface area contributed by atoms with Crippen molar-refractivity contribution in [1.82, 2.24) is 9.88 Å². The molecule has 0 fully saturated rings. The van der Waals surface area contributed by atoms with E-state index >= 15 is 0 Å². The molecule has 32 heavy (non-hydrogen) atoms. The van der Waals surface area contributed by atoms with Crippen molar-refractivity contribution in [2.75, 3.05) is 13.7 Å². The normalized spacial score (nSPS) is 15.5. The Morgan fingerprint density at radius 1 is 1.06 bits per heavy atom. The number of hydrogen-bond acceptors (Lipinski definition) is 3. The Balaban J connectivity index is 1.58. The zero-order valence-corrected chi connectivity index (χ0v) is 18.9. The first kappa shape index (κ1) is 20.6. The number of ether oxygens (including phenoxy) is 2. The number of aromatic amines is 1. The molecule has 5 nitrogen and oxygen atoms in total. The summed E-state index contributed by atoms with van der Waals surface area (Å²) in [6.45, 7) is 0.484. The van der Waals surface area contributed by atoms with Crippen molar-refractivity contribution in [2.45, 2.75) is 12.5 Å². The fourth-order valence-corrected chi connectivity index (χ4v) is 4.90. The number of rotatable bonds is 3. The number of nitrogens with zero attached hydrogens (tertiary/aromatic N) is 1. The lowest BCUT2D eigenvalue weighted by Gasteiger charge is -2.35. The van der Waals surface area contributed by atoms with Crippen LogP contribution in [0.1, 0.15) is 22.9 Å². The number of H-pyrrole nitrogens is 1. The van der Waals surface area contributed by atoms with Gasteiger partial charge in [-0.05, 0) is 66.1 Å². The van der Waals surface area contributed by atoms with Crippen molar-refractivity contribution in [2.24, 2.45) is 0 Å². The van der Waals surface area contributed by atoms with Crippen LogP contribution in [0.5, 0.6) is 11.5 Å². The quantitative estimate of drug-likeness (QED) is 0.367. The van der Waals surface area contributed by atoms with Crippen molar-refractivity contribution >= 4 is 32.9 Å². The van der Waals surface area contributed by atoms with Gasteiger partial charge in [0.1, 0.15) is 23.4 Å². The summed E-state index contributed by atoms with van der Waals surface area (Å²) in [5.41, 5.74) is 4.08. The van der Waals surface area contributed by atoms with Crippen molar-refractivity contribution in [3.8, 4) is 11.5 Å². The van der Waals surface area contributed by atoms with E-state index in [4.69, 9.17) is 9.47 Å². The molecular weight excluding hydrogens is 475 g/mol. The standard InChI is InChI=1S/C25H20BrFN2O3/c1-31-17-9-5-15(6-10-17)24-23-19(22-20(26)3-2-4-21(22)28-23)13-14-29(24)25(30)32-18-11-7-16(27)8-12-18/h2-12,24,28H,13-14H2,1H3. The molecule has 0 radical (unpaired) electrons.